The second kappa shape index (κ2) is 4.84. The maximum Gasteiger partial charge on any atom is 0.227 e. The third kappa shape index (κ3) is 2.50. The highest BCUT2D eigenvalue weighted by Crippen LogP contribution is 2.12. The molecule has 0 fully saturated rings. The zero-order valence-electron chi connectivity index (χ0n) is 10.9. The minimum absolute atomic E-state index is 0.153. The second-order valence-corrected chi connectivity index (χ2v) is 4.92. The molecule has 1 aliphatic heterocycles. The summed E-state index contributed by atoms with van der Waals surface area (Å²) in [4.78, 5) is 14.1. The summed E-state index contributed by atoms with van der Waals surface area (Å²) in [7, 11) is 0. The Morgan fingerprint density at radius 2 is 2.26 bits per heavy atom. The fourth-order valence-corrected chi connectivity index (χ4v) is 2.39. The van der Waals surface area contributed by atoms with Crippen molar-refractivity contribution in [3.8, 4) is 0 Å². The topological polar surface area (TPSA) is 51.0 Å². The second-order valence-electron chi connectivity index (χ2n) is 4.92. The fraction of sp³-hybridized carbons (Fsp3) is 0.357. The van der Waals surface area contributed by atoms with Crippen LogP contribution in [0.25, 0.3) is 0 Å². The first-order valence-corrected chi connectivity index (χ1v) is 6.42. The first kappa shape index (κ1) is 11.9. The van der Waals surface area contributed by atoms with Crippen molar-refractivity contribution in [2.75, 3.05) is 6.54 Å². The van der Waals surface area contributed by atoms with Crippen molar-refractivity contribution in [1.29, 1.82) is 0 Å². The van der Waals surface area contributed by atoms with Crippen LogP contribution in [-0.4, -0.2) is 32.1 Å². The Labute approximate surface area is 111 Å². The van der Waals surface area contributed by atoms with E-state index in [0.717, 1.165) is 24.5 Å². The summed E-state index contributed by atoms with van der Waals surface area (Å²) in [6, 6.07) is 8.09. The van der Waals surface area contributed by atoms with Gasteiger partial charge in [-0.2, -0.15) is 0 Å². The summed E-state index contributed by atoms with van der Waals surface area (Å²) in [5.74, 6) is 1.02. The molecule has 3 rings (SSSR count). The first-order chi connectivity index (χ1) is 9.22. The van der Waals surface area contributed by atoms with Gasteiger partial charge in [-0.05, 0) is 12.5 Å². The first-order valence-electron chi connectivity index (χ1n) is 6.42. The van der Waals surface area contributed by atoms with Gasteiger partial charge in [-0.1, -0.05) is 29.8 Å². The number of carbonyl (C=O) groups is 1. The summed E-state index contributed by atoms with van der Waals surface area (Å²) in [5.41, 5.74) is 2.25. The molecule has 5 nitrogen and oxygen atoms in total. The van der Waals surface area contributed by atoms with Gasteiger partial charge in [0.15, 0.2) is 5.82 Å². The quantitative estimate of drug-likeness (QED) is 0.810. The molecule has 0 N–H and O–H groups in total. The van der Waals surface area contributed by atoms with E-state index in [-0.39, 0.29) is 5.91 Å². The molecule has 0 unspecified atom stereocenters. The van der Waals surface area contributed by atoms with Crippen LogP contribution in [0.1, 0.15) is 17.0 Å². The van der Waals surface area contributed by atoms with Crippen LogP contribution in [0.15, 0.2) is 30.6 Å². The van der Waals surface area contributed by atoms with Crippen LogP contribution >= 0.6 is 0 Å². The van der Waals surface area contributed by atoms with Crippen molar-refractivity contribution in [3.63, 3.8) is 0 Å². The van der Waals surface area contributed by atoms with Crippen LogP contribution in [0.2, 0.25) is 0 Å². The van der Waals surface area contributed by atoms with Gasteiger partial charge in [0.25, 0.3) is 0 Å². The summed E-state index contributed by atoms with van der Waals surface area (Å²) in [6.45, 7) is 4.11. The molecule has 0 spiro atoms. The Balaban J connectivity index is 1.69. The average Bonchev–Trinajstić information content (AvgIpc) is 2.85. The lowest BCUT2D eigenvalue weighted by Crippen LogP contribution is -2.39. The summed E-state index contributed by atoms with van der Waals surface area (Å²) in [6.07, 6.45) is 2.17. The Hall–Kier alpha value is -2.17. The maximum absolute atomic E-state index is 12.3. The van der Waals surface area contributed by atoms with Gasteiger partial charge < -0.3 is 9.47 Å². The fourth-order valence-electron chi connectivity index (χ4n) is 2.39. The SMILES string of the molecule is Cc1cccc(CC(=O)N2CCn3cnnc3C2)c1. The van der Waals surface area contributed by atoms with Crippen molar-refractivity contribution >= 4 is 5.91 Å². The van der Waals surface area contributed by atoms with Crippen LogP contribution in [0.4, 0.5) is 0 Å². The molecule has 1 amide bonds. The molecule has 98 valence electrons. The third-order valence-corrected chi connectivity index (χ3v) is 3.43. The molecule has 0 radical (unpaired) electrons. The Bertz CT molecular complexity index is 605. The number of aromatic nitrogens is 3. The average molecular weight is 256 g/mol. The predicted octanol–water partition coefficient (Wildman–Crippen LogP) is 1.17. The highest BCUT2D eigenvalue weighted by molar-refractivity contribution is 5.78. The van der Waals surface area contributed by atoms with Gasteiger partial charge in [0.2, 0.25) is 5.91 Å². The molecule has 0 bridgehead atoms. The molecule has 2 heterocycles. The molecule has 0 atom stereocenters. The standard InChI is InChI=1S/C14H16N4O/c1-11-3-2-4-12(7-11)8-14(19)17-5-6-18-10-15-16-13(18)9-17/h2-4,7,10H,5-6,8-9H2,1H3. The van der Waals surface area contributed by atoms with Crippen molar-refractivity contribution in [1.82, 2.24) is 19.7 Å². The number of amides is 1. The predicted molar refractivity (Wildman–Crippen MR) is 70.3 cm³/mol. The summed E-state index contributed by atoms with van der Waals surface area (Å²) >= 11 is 0. The lowest BCUT2D eigenvalue weighted by molar-refractivity contribution is -0.132. The van der Waals surface area contributed by atoms with E-state index in [2.05, 4.69) is 16.3 Å². The molecule has 1 aliphatic rings. The van der Waals surface area contributed by atoms with Gasteiger partial charge in [0.05, 0.1) is 13.0 Å². The summed E-state index contributed by atoms with van der Waals surface area (Å²) < 4.78 is 2.00. The van der Waals surface area contributed by atoms with Crippen LogP contribution in [0.5, 0.6) is 0 Å². The van der Waals surface area contributed by atoms with E-state index in [1.54, 1.807) is 6.33 Å². The van der Waals surface area contributed by atoms with Crippen molar-refractivity contribution < 1.29 is 4.79 Å². The van der Waals surface area contributed by atoms with Gasteiger partial charge in [-0.15, -0.1) is 10.2 Å². The van der Waals surface area contributed by atoms with E-state index in [4.69, 9.17) is 0 Å². The number of aryl methyl sites for hydroxylation is 1. The summed E-state index contributed by atoms with van der Waals surface area (Å²) in [5, 5.41) is 7.90. The molecule has 0 aliphatic carbocycles. The highest BCUT2D eigenvalue weighted by Gasteiger charge is 2.21. The molecule has 0 saturated heterocycles. The van der Waals surface area contributed by atoms with Crippen LogP contribution in [0, 0.1) is 6.92 Å². The van der Waals surface area contributed by atoms with Crippen LogP contribution in [-0.2, 0) is 24.3 Å². The highest BCUT2D eigenvalue weighted by atomic mass is 16.2. The van der Waals surface area contributed by atoms with Gasteiger partial charge >= 0.3 is 0 Å². The number of hydrogen-bond donors (Lipinski definition) is 0. The molecule has 0 saturated carbocycles. The normalized spacial score (nSPS) is 14.3. The molecule has 1 aromatic heterocycles. The number of nitrogens with zero attached hydrogens (tertiary/aromatic N) is 4. The van der Waals surface area contributed by atoms with E-state index in [9.17, 15) is 4.79 Å². The smallest absolute Gasteiger partial charge is 0.227 e. The van der Waals surface area contributed by atoms with Gasteiger partial charge in [0.1, 0.15) is 6.33 Å². The van der Waals surface area contributed by atoms with E-state index in [0.29, 0.717) is 13.0 Å². The number of hydrogen-bond acceptors (Lipinski definition) is 3. The van der Waals surface area contributed by atoms with Crippen molar-refractivity contribution in [2.45, 2.75) is 26.4 Å². The van der Waals surface area contributed by atoms with Gasteiger partial charge in [0, 0.05) is 13.1 Å². The molecule has 1 aromatic carbocycles. The monoisotopic (exact) mass is 256 g/mol. The molecular weight excluding hydrogens is 240 g/mol. The molecular formula is C14H16N4O. The maximum atomic E-state index is 12.3. The van der Waals surface area contributed by atoms with Crippen molar-refractivity contribution in [2.24, 2.45) is 0 Å². The lowest BCUT2D eigenvalue weighted by atomic mass is 10.1. The van der Waals surface area contributed by atoms with E-state index in [1.807, 2.05) is 34.6 Å². The largest absolute Gasteiger partial charge is 0.333 e. The van der Waals surface area contributed by atoms with E-state index >= 15 is 0 Å². The number of rotatable bonds is 2. The molecule has 19 heavy (non-hydrogen) atoms. The number of carbonyl (C=O) groups excluding carboxylic acids is 1. The zero-order valence-corrected chi connectivity index (χ0v) is 10.9. The Kier molecular flexibility index (Phi) is 3.03. The molecule has 2 aromatic rings. The van der Waals surface area contributed by atoms with Crippen LogP contribution in [0.3, 0.4) is 0 Å². The zero-order chi connectivity index (χ0) is 13.2. The minimum atomic E-state index is 0.153. The third-order valence-electron chi connectivity index (χ3n) is 3.43. The van der Waals surface area contributed by atoms with Gasteiger partial charge in [-0.3, -0.25) is 4.79 Å². The van der Waals surface area contributed by atoms with E-state index in [1.165, 1.54) is 5.56 Å². The van der Waals surface area contributed by atoms with Crippen molar-refractivity contribution in [3.05, 3.63) is 47.5 Å². The Morgan fingerprint density at radius 3 is 3.11 bits per heavy atom. The Morgan fingerprint density at radius 1 is 1.37 bits per heavy atom. The minimum Gasteiger partial charge on any atom is -0.333 e. The number of benzene rings is 1. The molecule has 5 heteroatoms. The van der Waals surface area contributed by atoms with Gasteiger partial charge in [-0.25, -0.2) is 0 Å². The van der Waals surface area contributed by atoms with E-state index < -0.39 is 0 Å². The number of fused-ring (bicyclic) bond motifs is 1. The van der Waals surface area contributed by atoms with Crippen LogP contribution < -0.4 is 0 Å². The lowest BCUT2D eigenvalue weighted by Gasteiger charge is -2.27.